The molecule has 5 rings (SSSR count). The Labute approximate surface area is 208 Å². The van der Waals surface area contributed by atoms with Crippen molar-refractivity contribution in [3.63, 3.8) is 0 Å². The van der Waals surface area contributed by atoms with E-state index in [1.807, 2.05) is 12.1 Å². The first-order valence-electron chi connectivity index (χ1n) is 11.9. The summed E-state index contributed by atoms with van der Waals surface area (Å²) >= 11 is 0. The zero-order valence-corrected chi connectivity index (χ0v) is 19.6. The van der Waals surface area contributed by atoms with Crippen molar-refractivity contribution in [2.75, 3.05) is 33.5 Å². The second-order valence-corrected chi connectivity index (χ2v) is 8.71. The van der Waals surface area contributed by atoms with Crippen molar-refractivity contribution in [3.8, 4) is 0 Å². The highest BCUT2D eigenvalue weighted by atomic mass is 16.2. The Morgan fingerprint density at radius 3 is 1.53 bits per heavy atom. The second-order valence-electron chi connectivity index (χ2n) is 8.71. The van der Waals surface area contributed by atoms with Crippen LogP contribution in [0, 0.1) is 0 Å². The van der Waals surface area contributed by atoms with Gasteiger partial charge in [-0.15, -0.1) is 0 Å². The largest absolute Gasteiger partial charge is 0.321 e. The lowest BCUT2D eigenvalue weighted by Gasteiger charge is -2.17. The van der Waals surface area contributed by atoms with Crippen molar-refractivity contribution < 1.29 is 19.2 Å². The molecular weight excluding hydrogens is 458 g/mol. The highest BCUT2D eigenvalue weighted by molar-refractivity contribution is 6.07. The predicted molar refractivity (Wildman–Crippen MR) is 136 cm³/mol. The predicted octanol–water partition coefficient (Wildman–Crippen LogP) is 3.84. The van der Waals surface area contributed by atoms with E-state index in [1.165, 1.54) is 12.1 Å². The number of benzene rings is 2. The summed E-state index contributed by atoms with van der Waals surface area (Å²) in [5, 5.41) is 5.57. The van der Waals surface area contributed by atoms with Crippen LogP contribution in [0.4, 0.5) is 22.7 Å². The minimum Gasteiger partial charge on any atom is -0.321 e. The average molecular weight is 484 g/mol. The molecule has 36 heavy (non-hydrogen) atoms. The number of pyridine rings is 1. The van der Waals surface area contributed by atoms with E-state index in [1.54, 1.807) is 52.3 Å². The number of anilines is 4. The van der Waals surface area contributed by atoms with Crippen LogP contribution in [0.2, 0.25) is 0 Å². The van der Waals surface area contributed by atoms with Crippen LogP contribution >= 0.6 is 0 Å². The summed E-state index contributed by atoms with van der Waals surface area (Å²) in [6, 6.07) is 18.8. The van der Waals surface area contributed by atoms with Gasteiger partial charge in [0.25, 0.3) is 11.8 Å². The maximum Gasteiger partial charge on any atom is 0.274 e. The molecule has 1 aromatic heterocycles. The number of rotatable bonds is 6. The topological polar surface area (TPSA) is 112 Å². The molecule has 0 spiro atoms. The Bertz CT molecular complexity index is 1260. The summed E-state index contributed by atoms with van der Waals surface area (Å²) < 4.78 is 0. The number of aromatic nitrogens is 1. The Balaban J connectivity index is 1.27. The molecule has 0 atom stereocenters. The van der Waals surface area contributed by atoms with Gasteiger partial charge in [0.1, 0.15) is 11.4 Å². The molecule has 0 aliphatic carbocycles. The molecule has 0 radical (unpaired) electrons. The summed E-state index contributed by atoms with van der Waals surface area (Å²) in [5.41, 5.74) is 2.69. The average Bonchev–Trinajstić information content (AvgIpc) is 3.52. The quantitative estimate of drug-likeness (QED) is 0.553. The van der Waals surface area contributed by atoms with Gasteiger partial charge >= 0.3 is 0 Å². The summed E-state index contributed by atoms with van der Waals surface area (Å²) in [6.07, 6.45) is 2.68. The standard InChI is InChI=1S/C27H25N5O4/c33-24-12-4-14-31(24)20-8-1-6-18(16-20)28-26(35)22-10-3-11-23(30-22)27(36)29-19-7-2-9-21(17-19)32-15-5-13-25(32)34/h1-3,6-11,16-17H,4-5,12-15H2,(H,28,35)(H,29,36). The van der Waals surface area contributed by atoms with E-state index in [9.17, 15) is 19.2 Å². The van der Waals surface area contributed by atoms with Crippen LogP contribution in [0.3, 0.4) is 0 Å². The van der Waals surface area contributed by atoms with E-state index in [-0.39, 0.29) is 23.2 Å². The van der Waals surface area contributed by atoms with E-state index in [4.69, 9.17) is 0 Å². The number of hydrogen-bond acceptors (Lipinski definition) is 5. The third-order valence-electron chi connectivity index (χ3n) is 6.19. The molecule has 9 nitrogen and oxygen atoms in total. The number of nitrogens with one attached hydrogen (secondary N) is 2. The van der Waals surface area contributed by atoms with E-state index < -0.39 is 11.8 Å². The van der Waals surface area contributed by atoms with Crippen LogP contribution in [0.25, 0.3) is 0 Å². The van der Waals surface area contributed by atoms with Crippen LogP contribution in [-0.4, -0.2) is 41.7 Å². The van der Waals surface area contributed by atoms with Crippen molar-refractivity contribution in [2.45, 2.75) is 25.7 Å². The van der Waals surface area contributed by atoms with Gasteiger partial charge in [-0.05, 0) is 61.4 Å². The Hall–Kier alpha value is -4.53. The first-order valence-corrected chi connectivity index (χ1v) is 11.9. The van der Waals surface area contributed by atoms with E-state index in [0.29, 0.717) is 37.3 Å². The first kappa shape index (κ1) is 23.2. The molecule has 0 bridgehead atoms. The van der Waals surface area contributed by atoms with Crippen molar-refractivity contribution in [3.05, 3.63) is 78.1 Å². The first-order chi connectivity index (χ1) is 17.5. The van der Waals surface area contributed by atoms with Crippen LogP contribution in [0.5, 0.6) is 0 Å². The van der Waals surface area contributed by atoms with Crippen molar-refractivity contribution in [2.24, 2.45) is 0 Å². The van der Waals surface area contributed by atoms with Gasteiger partial charge in [0.15, 0.2) is 0 Å². The summed E-state index contributed by atoms with van der Waals surface area (Å²) in [4.78, 5) is 57.4. The Morgan fingerprint density at radius 1 is 0.667 bits per heavy atom. The maximum absolute atomic E-state index is 12.8. The normalized spacial score (nSPS) is 15.3. The minimum absolute atomic E-state index is 0.0661. The summed E-state index contributed by atoms with van der Waals surface area (Å²) in [6.45, 7) is 1.32. The molecule has 3 aromatic rings. The maximum atomic E-state index is 12.8. The molecule has 2 aromatic carbocycles. The molecule has 3 heterocycles. The third-order valence-corrected chi connectivity index (χ3v) is 6.19. The fourth-order valence-electron chi connectivity index (χ4n) is 4.42. The lowest BCUT2D eigenvalue weighted by molar-refractivity contribution is -0.117. The van der Waals surface area contributed by atoms with Gasteiger partial charge in [-0.1, -0.05) is 18.2 Å². The van der Waals surface area contributed by atoms with Gasteiger partial charge in [-0.2, -0.15) is 0 Å². The van der Waals surface area contributed by atoms with Gasteiger partial charge in [0.2, 0.25) is 11.8 Å². The van der Waals surface area contributed by atoms with E-state index >= 15 is 0 Å². The van der Waals surface area contributed by atoms with Crippen molar-refractivity contribution >= 4 is 46.4 Å². The molecule has 2 N–H and O–H groups in total. The van der Waals surface area contributed by atoms with Gasteiger partial charge in [0, 0.05) is 48.7 Å². The third kappa shape index (κ3) is 4.95. The smallest absolute Gasteiger partial charge is 0.274 e. The summed E-state index contributed by atoms with van der Waals surface area (Å²) in [7, 11) is 0. The second kappa shape index (κ2) is 9.99. The molecule has 2 aliphatic rings. The number of amides is 4. The van der Waals surface area contributed by atoms with Crippen LogP contribution in [0.15, 0.2) is 66.7 Å². The Kier molecular flexibility index (Phi) is 6.44. The molecule has 2 fully saturated rings. The van der Waals surface area contributed by atoms with E-state index in [2.05, 4.69) is 15.6 Å². The molecule has 2 aliphatic heterocycles. The Morgan fingerprint density at radius 2 is 1.11 bits per heavy atom. The SMILES string of the molecule is O=C(Nc1cccc(N2CCCC2=O)c1)c1cccc(C(=O)Nc2cccc(N3CCCC3=O)c2)n1. The molecule has 182 valence electrons. The summed E-state index contributed by atoms with van der Waals surface area (Å²) in [5.74, 6) is -0.805. The molecule has 0 unspecified atom stereocenters. The van der Waals surface area contributed by atoms with Gasteiger partial charge < -0.3 is 20.4 Å². The molecule has 2 saturated heterocycles. The lowest BCUT2D eigenvalue weighted by atomic mass is 10.2. The molecule has 9 heteroatoms. The molecule has 4 amide bonds. The number of carbonyl (C=O) groups is 4. The number of nitrogens with zero attached hydrogens (tertiary/aromatic N) is 3. The van der Waals surface area contributed by atoms with E-state index in [0.717, 1.165) is 24.2 Å². The monoisotopic (exact) mass is 483 g/mol. The van der Waals surface area contributed by atoms with Gasteiger partial charge in [-0.3, -0.25) is 19.2 Å². The van der Waals surface area contributed by atoms with Crippen molar-refractivity contribution in [1.29, 1.82) is 0 Å². The number of carbonyl (C=O) groups excluding carboxylic acids is 4. The van der Waals surface area contributed by atoms with Crippen LogP contribution < -0.4 is 20.4 Å². The lowest BCUT2D eigenvalue weighted by Crippen LogP contribution is -2.24. The number of hydrogen-bond donors (Lipinski definition) is 2. The molecule has 0 saturated carbocycles. The van der Waals surface area contributed by atoms with Gasteiger partial charge in [0.05, 0.1) is 0 Å². The highest BCUT2D eigenvalue weighted by Gasteiger charge is 2.23. The fourth-order valence-corrected chi connectivity index (χ4v) is 4.42. The van der Waals surface area contributed by atoms with Crippen molar-refractivity contribution in [1.82, 2.24) is 4.98 Å². The zero-order valence-electron chi connectivity index (χ0n) is 19.6. The minimum atomic E-state index is -0.468. The van der Waals surface area contributed by atoms with Crippen LogP contribution in [0.1, 0.15) is 46.7 Å². The molecular formula is C27H25N5O4. The van der Waals surface area contributed by atoms with Crippen LogP contribution in [-0.2, 0) is 9.59 Å². The fraction of sp³-hybridized carbons (Fsp3) is 0.222. The van der Waals surface area contributed by atoms with Gasteiger partial charge in [-0.25, -0.2) is 4.98 Å². The highest BCUT2D eigenvalue weighted by Crippen LogP contribution is 2.26. The zero-order chi connectivity index (χ0) is 25.1.